The smallest absolute Gasteiger partial charge is 0.469 e. The standard InChI is InChI=1S/C18H17N2O5P/c1-12-18(21)17(15(9-19-12)11-25-26(22,23)24)10-20-16-7-6-13-4-2-3-5-14(13)8-16/h2-10,21H,11H2,1H3,(H2,22,23,24). The number of hydrogen-bond donors (Lipinski definition) is 3. The Morgan fingerprint density at radius 1 is 1.19 bits per heavy atom. The van der Waals surface area contributed by atoms with E-state index < -0.39 is 14.4 Å². The van der Waals surface area contributed by atoms with Crippen LogP contribution in [0.15, 0.2) is 53.7 Å². The number of aryl methyl sites for hydroxylation is 1. The molecule has 3 N–H and O–H groups in total. The van der Waals surface area contributed by atoms with Gasteiger partial charge in [0.25, 0.3) is 0 Å². The number of rotatable bonds is 5. The number of aromatic hydroxyl groups is 1. The first-order valence-corrected chi connectivity index (χ1v) is 9.27. The summed E-state index contributed by atoms with van der Waals surface area (Å²) < 4.78 is 15.4. The largest absolute Gasteiger partial charge is 0.505 e. The van der Waals surface area contributed by atoms with E-state index in [4.69, 9.17) is 9.79 Å². The Bertz CT molecular complexity index is 1030. The molecule has 0 bridgehead atoms. The molecule has 1 aromatic heterocycles. The van der Waals surface area contributed by atoms with Crippen LogP contribution in [0.25, 0.3) is 10.8 Å². The minimum Gasteiger partial charge on any atom is -0.505 e. The van der Waals surface area contributed by atoms with E-state index in [0.29, 0.717) is 22.5 Å². The SMILES string of the molecule is Cc1ncc(COP(=O)(O)O)c(C=Nc2ccc3ccccc3c2)c1O. The monoisotopic (exact) mass is 372 g/mol. The number of nitrogens with zero attached hydrogens (tertiary/aromatic N) is 2. The second-order valence-electron chi connectivity index (χ2n) is 5.68. The number of phosphoric acid groups is 1. The second-order valence-corrected chi connectivity index (χ2v) is 6.92. The Kier molecular flexibility index (Phi) is 5.15. The molecule has 0 spiro atoms. The van der Waals surface area contributed by atoms with Gasteiger partial charge in [0, 0.05) is 23.5 Å². The molecule has 0 radical (unpaired) electrons. The number of hydrogen-bond acceptors (Lipinski definition) is 5. The highest BCUT2D eigenvalue weighted by atomic mass is 31.2. The quantitative estimate of drug-likeness (QED) is 0.466. The summed E-state index contributed by atoms with van der Waals surface area (Å²) in [5.74, 6) is -0.110. The van der Waals surface area contributed by atoms with E-state index in [0.717, 1.165) is 10.8 Å². The summed E-state index contributed by atoms with van der Waals surface area (Å²) in [4.78, 5) is 26.1. The lowest BCUT2D eigenvalue weighted by Crippen LogP contribution is -2.00. The molecule has 8 heteroatoms. The summed E-state index contributed by atoms with van der Waals surface area (Å²) in [5.41, 5.74) is 1.68. The Hall–Kier alpha value is -2.57. The van der Waals surface area contributed by atoms with Crippen LogP contribution in [0.5, 0.6) is 5.75 Å². The summed E-state index contributed by atoms with van der Waals surface area (Å²) in [7, 11) is -4.64. The summed E-state index contributed by atoms with van der Waals surface area (Å²) in [6.07, 6.45) is 2.83. The van der Waals surface area contributed by atoms with Crippen LogP contribution < -0.4 is 0 Å². The minimum absolute atomic E-state index is 0.110. The van der Waals surface area contributed by atoms with Crippen molar-refractivity contribution in [2.75, 3.05) is 0 Å². The molecule has 1 heterocycles. The van der Waals surface area contributed by atoms with Gasteiger partial charge in [-0.05, 0) is 29.8 Å². The first kappa shape index (κ1) is 18.2. The minimum atomic E-state index is -4.64. The molecule has 0 fully saturated rings. The van der Waals surface area contributed by atoms with Crippen molar-refractivity contribution in [3.8, 4) is 5.75 Å². The van der Waals surface area contributed by atoms with Gasteiger partial charge in [-0.25, -0.2) is 4.57 Å². The molecular formula is C18H17N2O5P. The van der Waals surface area contributed by atoms with Crippen LogP contribution in [0.4, 0.5) is 5.69 Å². The van der Waals surface area contributed by atoms with Crippen molar-refractivity contribution in [3.63, 3.8) is 0 Å². The van der Waals surface area contributed by atoms with Crippen LogP contribution in [0.1, 0.15) is 16.8 Å². The van der Waals surface area contributed by atoms with Gasteiger partial charge in [-0.3, -0.25) is 14.5 Å². The number of pyridine rings is 1. The highest BCUT2D eigenvalue weighted by Gasteiger charge is 2.17. The predicted molar refractivity (Wildman–Crippen MR) is 98.7 cm³/mol. The Morgan fingerprint density at radius 2 is 1.92 bits per heavy atom. The number of aromatic nitrogens is 1. The van der Waals surface area contributed by atoms with Crippen molar-refractivity contribution < 1.29 is 24.0 Å². The van der Waals surface area contributed by atoms with Gasteiger partial charge in [0.15, 0.2) is 0 Å². The van der Waals surface area contributed by atoms with E-state index in [1.165, 1.54) is 12.4 Å². The van der Waals surface area contributed by atoms with Crippen LogP contribution in [0, 0.1) is 6.92 Å². The summed E-state index contributed by atoms with van der Waals surface area (Å²) in [5, 5.41) is 12.4. The van der Waals surface area contributed by atoms with Gasteiger partial charge in [0.2, 0.25) is 0 Å². The van der Waals surface area contributed by atoms with Crippen molar-refractivity contribution in [1.29, 1.82) is 0 Å². The van der Waals surface area contributed by atoms with Crippen molar-refractivity contribution in [2.45, 2.75) is 13.5 Å². The zero-order chi connectivity index (χ0) is 18.7. The van der Waals surface area contributed by atoms with Crippen LogP contribution in [0.2, 0.25) is 0 Å². The Balaban J connectivity index is 1.95. The highest BCUT2D eigenvalue weighted by Crippen LogP contribution is 2.37. The van der Waals surface area contributed by atoms with Gasteiger partial charge in [-0.1, -0.05) is 30.3 Å². The molecule has 0 saturated heterocycles. The molecule has 0 aliphatic rings. The van der Waals surface area contributed by atoms with E-state index in [1.807, 2.05) is 42.5 Å². The van der Waals surface area contributed by atoms with E-state index in [9.17, 15) is 9.67 Å². The van der Waals surface area contributed by atoms with Crippen molar-refractivity contribution in [1.82, 2.24) is 4.98 Å². The van der Waals surface area contributed by atoms with Gasteiger partial charge in [0.05, 0.1) is 18.0 Å². The molecule has 134 valence electrons. The molecule has 0 amide bonds. The van der Waals surface area contributed by atoms with Gasteiger partial charge < -0.3 is 14.9 Å². The van der Waals surface area contributed by atoms with Crippen molar-refractivity contribution in [3.05, 3.63) is 65.5 Å². The second kappa shape index (κ2) is 7.35. The zero-order valence-corrected chi connectivity index (χ0v) is 14.8. The van der Waals surface area contributed by atoms with Crippen LogP contribution in [0.3, 0.4) is 0 Å². The summed E-state index contributed by atoms with van der Waals surface area (Å²) in [6, 6.07) is 13.6. The van der Waals surface area contributed by atoms with Gasteiger partial charge >= 0.3 is 7.82 Å². The Morgan fingerprint density at radius 3 is 2.65 bits per heavy atom. The number of phosphoric ester groups is 1. The van der Waals surface area contributed by atoms with Gasteiger partial charge in [-0.2, -0.15) is 0 Å². The van der Waals surface area contributed by atoms with E-state index in [-0.39, 0.29) is 5.75 Å². The molecule has 0 saturated carbocycles. The third-order valence-electron chi connectivity index (χ3n) is 3.82. The van der Waals surface area contributed by atoms with Crippen molar-refractivity contribution in [2.24, 2.45) is 4.99 Å². The van der Waals surface area contributed by atoms with E-state index in [2.05, 4.69) is 14.5 Å². The van der Waals surface area contributed by atoms with Crippen molar-refractivity contribution >= 4 is 30.5 Å². The molecule has 3 aromatic rings. The van der Waals surface area contributed by atoms with Gasteiger partial charge in [0.1, 0.15) is 5.75 Å². The maximum Gasteiger partial charge on any atom is 0.469 e. The third kappa shape index (κ3) is 4.33. The van der Waals surface area contributed by atoms with Gasteiger partial charge in [-0.15, -0.1) is 0 Å². The maximum absolute atomic E-state index is 10.9. The number of fused-ring (bicyclic) bond motifs is 1. The molecule has 3 rings (SSSR count). The molecule has 0 aliphatic heterocycles. The Labute approximate surface area is 149 Å². The number of benzene rings is 2. The topological polar surface area (TPSA) is 112 Å². The van der Waals surface area contributed by atoms with E-state index in [1.54, 1.807) is 6.92 Å². The molecular weight excluding hydrogens is 355 g/mol. The molecule has 0 unspecified atom stereocenters. The van der Waals surface area contributed by atoms with E-state index >= 15 is 0 Å². The summed E-state index contributed by atoms with van der Waals surface area (Å²) in [6.45, 7) is 1.22. The zero-order valence-electron chi connectivity index (χ0n) is 13.9. The average molecular weight is 372 g/mol. The fourth-order valence-corrected chi connectivity index (χ4v) is 2.77. The predicted octanol–water partition coefficient (Wildman–Crippen LogP) is 3.61. The molecule has 26 heavy (non-hydrogen) atoms. The normalized spacial score (nSPS) is 12.1. The fourth-order valence-electron chi connectivity index (χ4n) is 2.46. The molecule has 2 aromatic carbocycles. The maximum atomic E-state index is 10.9. The van der Waals surface area contributed by atoms with Crippen LogP contribution >= 0.6 is 7.82 Å². The molecule has 0 aliphatic carbocycles. The fraction of sp³-hybridized carbons (Fsp3) is 0.111. The van der Waals surface area contributed by atoms with Crippen LogP contribution in [-0.2, 0) is 15.7 Å². The summed E-state index contributed by atoms with van der Waals surface area (Å²) >= 11 is 0. The first-order valence-electron chi connectivity index (χ1n) is 7.74. The lowest BCUT2D eigenvalue weighted by atomic mass is 10.1. The average Bonchev–Trinajstić information content (AvgIpc) is 2.61. The third-order valence-corrected chi connectivity index (χ3v) is 4.29. The first-order chi connectivity index (χ1) is 12.3. The molecule has 7 nitrogen and oxygen atoms in total. The highest BCUT2D eigenvalue weighted by molar-refractivity contribution is 7.46. The number of aliphatic imine (C=N–C) groups is 1. The van der Waals surface area contributed by atoms with Crippen LogP contribution in [-0.4, -0.2) is 26.1 Å². The molecule has 0 atom stereocenters. The lowest BCUT2D eigenvalue weighted by Gasteiger charge is -2.10. The lowest BCUT2D eigenvalue weighted by molar-refractivity contribution is 0.188.